The minimum Gasteiger partial charge on any atom is -0.287 e. The average Bonchev–Trinajstić information content (AvgIpc) is 2.88. The molecule has 1 aliphatic rings. The first-order valence-electron chi connectivity index (χ1n) is 7.14. The van der Waals surface area contributed by atoms with E-state index in [9.17, 15) is 14.4 Å². The first-order valence-corrected chi connectivity index (χ1v) is 7.94. The highest BCUT2D eigenvalue weighted by Gasteiger charge is 2.39. The maximum Gasteiger partial charge on any atom is 0.265 e. The lowest BCUT2D eigenvalue weighted by molar-refractivity contribution is -0.121. The Morgan fingerprint density at radius 3 is 2.46 bits per heavy atom. The van der Waals surface area contributed by atoms with Crippen LogP contribution in [0.4, 0.5) is 5.69 Å². The van der Waals surface area contributed by atoms with Crippen molar-refractivity contribution in [2.75, 3.05) is 4.90 Å². The number of benzene rings is 1. The number of hydrogen-bond acceptors (Lipinski definition) is 5. The molecule has 1 atom stereocenters. The standard InChI is InChI=1S/C16H13BrN4O3/c17-11-1-3-12(4-2-11)21-14(22)9-13(16(21)24)19-20-15(23)10-5-7-18-8-6-10/h1-8,13,19H,9H2,(H,20,23). The van der Waals surface area contributed by atoms with E-state index in [1.54, 1.807) is 36.4 Å². The lowest BCUT2D eigenvalue weighted by atomic mass is 10.2. The Balaban J connectivity index is 1.66. The summed E-state index contributed by atoms with van der Waals surface area (Å²) in [5.41, 5.74) is 5.98. The molecule has 1 saturated heterocycles. The molecular weight excluding hydrogens is 376 g/mol. The summed E-state index contributed by atoms with van der Waals surface area (Å²) in [7, 11) is 0. The number of rotatable bonds is 4. The topological polar surface area (TPSA) is 91.4 Å². The van der Waals surface area contributed by atoms with Crippen molar-refractivity contribution in [3.05, 3.63) is 58.8 Å². The number of hydrazine groups is 1. The SMILES string of the molecule is O=C(NNC1CC(=O)N(c2ccc(Br)cc2)C1=O)c1ccncc1. The summed E-state index contributed by atoms with van der Waals surface area (Å²) in [5, 5.41) is 0. The van der Waals surface area contributed by atoms with Gasteiger partial charge in [0.2, 0.25) is 5.91 Å². The van der Waals surface area contributed by atoms with Gasteiger partial charge in [-0.25, -0.2) is 10.3 Å². The van der Waals surface area contributed by atoms with Crippen molar-refractivity contribution < 1.29 is 14.4 Å². The molecule has 1 aromatic carbocycles. The predicted octanol–water partition coefficient (Wildman–Crippen LogP) is 1.41. The maximum atomic E-state index is 12.4. The number of aromatic nitrogens is 1. The first-order chi connectivity index (χ1) is 11.6. The number of pyridine rings is 1. The summed E-state index contributed by atoms with van der Waals surface area (Å²) in [6, 6.07) is 9.16. The molecule has 1 unspecified atom stereocenters. The zero-order valence-electron chi connectivity index (χ0n) is 12.4. The van der Waals surface area contributed by atoms with Gasteiger partial charge in [-0.1, -0.05) is 15.9 Å². The third-order valence-corrected chi connectivity index (χ3v) is 4.06. The summed E-state index contributed by atoms with van der Waals surface area (Å²) >= 11 is 3.31. The fraction of sp³-hybridized carbons (Fsp3) is 0.125. The molecule has 0 aliphatic carbocycles. The molecule has 0 spiro atoms. The second-order valence-electron chi connectivity index (χ2n) is 5.13. The van der Waals surface area contributed by atoms with Crippen LogP contribution in [0.3, 0.4) is 0 Å². The van der Waals surface area contributed by atoms with Crippen molar-refractivity contribution >= 4 is 39.3 Å². The van der Waals surface area contributed by atoms with E-state index in [1.807, 2.05) is 0 Å². The molecule has 24 heavy (non-hydrogen) atoms. The van der Waals surface area contributed by atoms with Gasteiger partial charge in [0.1, 0.15) is 6.04 Å². The van der Waals surface area contributed by atoms with E-state index >= 15 is 0 Å². The van der Waals surface area contributed by atoms with E-state index in [4.69, 9.17) is 0 Å². The van der Waals surface area contributed by atoms with Crippen LogP contribution in [-0.4, -0.2) is 28.7 Å². The van der Waals surface area contributed by atoms with Crippen molar-refractivity contribution in [2.24, 2.45) is 0 Å². The fourth-order valence-electron chi connectivity index (χ4n) is 2.33. The third kappa shape index (κ3) is 3.34. The van der Waals surface area contributed by atoms with Gasteiger partial charge < -0.3 is 0 Å². The molecule has 122 valence electrons. The molecule has 2 heterocycles. The second kappa shape index (κ2) is 6.90. The van der Waals surface area contributed by atoms with Crippen LogP contribution >= 0.6 is 15.9 Å². The molecule has 1 fully saturated rings. The molecule has 0 radical (unpaired) electrons. The van der Waals surface area contributed by atoms with Crippen LogP contribution in [0.15, 0.2) is 53.3 Å². The number of hydrogen-bond donors (Lipinski definition) is 2. The number of nitrogens with zero attached hydrogens (tertiary/aromatic N) is 2. The highest BCUT2D eigenvalue weighted by molar-refractivity contribution is 9.10. The van der Waals surface area contributed by atoms with Gasteiger partial charge in [-0.3, -0.25) is 24.8 Å². The van der Waals surface area contributed by atoms with Crippen molar-refractivity contribution in [3.8, 4) is 0 Å². The Labute approximate surface area is 146 Å². The van der Waals surface area contributed by atoms with Gasteiger partial charge in [-0.05, 0) is 36.4 Å². The van der Waals surface area contributed by atoms with Crippen molar-refractivity contribution in [1.29, 1.82) is 0 Å². The predicted molar refractivity (Wildman–Crippen MR) is 89.9 cm³/mol. The van der Waals surface area contributed by atoms with Crippen molar-refractivity contribution in [3.63, 3.8) is 0 Å². The molecule has 2 N–H and O–H groups in total. The molecular formula is C16H13BrN4O3. The molecule has 0 bridgehead atoms. The molecule has 3 rings (SSSR count). The van der Waals surface area contributed by atoms with Crippen LogP contribution in [0, 0.1) is 0 Å². The maximum absolute atomic E-state index is 12.4. The Morgan fingerprint density at radius 1 is 1.12 bits per heavy atom. The van der Waals surface area contributed by atoms with Gasteiger partial charge >= 0.3 is 0 Å². The largest absolute Gasteiger partial charge is 0.287 e. The number of amides is 3. The van der Waals surface area contributed by atoms with Crippen LogP contribution in [0.1, 0.15) is 16.8 Å². The Bertz CT molecular complexity index is 780. The third-order valence-electron chi connectivity index (χ3n) is 3.53. The smallest absolute Gasteiger partial charge is 0.265 e. The van der Waals surface area contributed by atoms with Crippen LogP contribution in [-0.2, 0) is 9.59 Å². The normalized spacial score (nSPS) is 17.2. The van der Waals surface area contributed by atoms with E-state index in [-0.39, 0.29) is 12.3 Å². The zero-order valence-corrected chi connectivity index (χ0v) is 14.0. The monoisotopic (exact) mass is 388 g/mol. The summed E-state index contributed by atoms with van der Waals surface area (Å²) in [6.07, 6.45) is 2.97. The zero-order chi connectivity index (χ0) is 17.1. The number of nitrogens with one attached hydrogen (secondary N) is 2. The first kappa shape index (κ1) is 16.3. The number of carbonyl (C=O) groups is 3. The lowest BCUT2D eigenvalue weighted by Gasteiger charge is -2.16. The van der Waals surface area contributed by atoms with E-state index in [1.165, 1.54) is 12.4 Å². The molecule has 3 amide bonds. The van der Waals surface area contributed by atoms with Gasteiger partial charge in [0, 0.05) is 22.4 Å². The number of imide groups is 1. The Hall–Kier alpha value is -2.58. The molecule has 1 aromatic heterocycles. The van der Waals surface area contributed by atoms with E-state index in [2.05, 4.69) is 31.8 Å². The molecule has 0 saturated carbocycles. The van der Waals surface area contributed by atoms with Gasteiger partial charge in [-0.15, -0.1) is 0 Å². The van der Waals surface area contributed by atoms with Crippen LogP contribution in [0.5, 0.6) is 0 Å². The summed E-state index contributed by atoms with van der Waals surface area (Å²) in [4.78, 5) is 41.5. The number of anilines is 1. The van der Waals surface area contributed by atoms with E-state index in [0.29, 0.717) is 11.3 Å². The van der Waals surface area contributed by atoms with Gasteiger partial charge in [0.25, 0.3) is 11.8 Å². The summed E-state index contributed by atoms with van der Waals surface area (Å²) in [5.74, 6) is -1.13. The Morgan fingerprint density at radius 2 is 1.79 bits per heavy atom. The number of halogens is 1. The fourth-order valence-corrected chi connectivity index (χ4v) is 2.60. The van der Waals surface area contributed by atoms with Gasteiger partial charge in [0.05, 0.1) is 12.1 Å². The van der Waals surface area contributed by atoms with Crippen LogP contribution in [0.2, 0.25) is 0 Å². The van der Waals surface area contributed by atoms with Crippen molar-refractivity contribution in [2.45, 2.75) is 12.5 Å². The second-order valence-corrected chi connectivity index (χ2v) is 6.05. The van der Waals surface area contributed by atoms with Gasteiger partial charge in [0.15, 0.2) is 0 Å². The van der Waals surface area contributed by atoms with E-state index in [0.717, 1.165) is 9.37 Å². The van der Waals surface area contributed by atoms with E-state index < -0.39 is 17.9 Å². The van der Waals surface area contributed by atoms with Crippen molar-refractivity contribution in [1.82, 2.24) is 15.8 Å². The van der Waals surface area contributed by atoms with Crippen LogP contribution < -0.4 is 15.8 Å². The molecule has 8 heteroatoms. The summed E-state index contributed by atoms with van der Waals surface area (Å²) in [6.45, 7) is 0. The molecule has 1 aliphatic heterocycles. The van der Waals surface area contributed by atoms with Crippen LogP contribution in [0.25, 0.3) is 0 Å². The minimum atomic E-state index is -0.799. The Kier molecular flexibility index (Phi) is 4.68. The lowest BCUT2D eigenvalue weighted by Crippen LogP contribution is -2.48. The molecule has 2 aromatic rings. The highest BCUT2D eigenvalue weighted by Crippen LogP contribution is 2.24. The number of carbonyl (C=O) groups excluding carboxylic acids is 3. The average molecular weight is 389 g/mol. The summed E-state index contributed by atoms with van der Waals surface area (Å²) < 4.78 is 0.852. The molecule has 7 nitrogen and oxygen atoms in total. The quantitative estimate of drug-likeness (QED) is 0.610. The van der Waals surface area contributed by atoms with Gasteiger partial charge in [-0.2, -0.15) is 0 Å². The highest BCUT2D eigenvalue weighted by atomic mass is 79.9. The minimum absolute atomic E-state index is 0.0223.